The molecular weight excluding hydrogens is 369 g/mol. The zero-order valence-electron chi connectivity index (χ0n) is 17.5. The second-order valence-corrected chi connectivity index (χ2v) is 9.45. The van der Waals surface area contributed by atoms with Crippen LogP contribution in [-0.4, -0.2) is 35.8 Å². The molecule has 1 aromatic rings. The first kappa shape index (κ1) is 20.1. The molecule has 0 aromatic heterocycles. The summed E-state index contributed by atoms with van der Waals surface area (Å²) in [7, 11) is 3.47. The molecule has 29 heavy (non-hydrogen) atoms. The van der Waals surface area contributed by atoms with Gasteiger partial charge in [-0.25, -0.2) is 4.39 Å². The molecule has 0 spiro atoms. The average Bonchev–Trinajstić information content (AvgIpc) is 2.92. The highest BCUT2D eigenvalue weighted by molar-refractivity contribution is 6.03. The zero-order valence-corrected chi connectivity index (χ0v) is 17.5. The molecule has 0 radical (unpaired) electrons. The van der Waals surface area contributed by atoms with Crippen molar-refractivity contribution in [2.75, 3.05) is 14.1 Å². The third-order valence-corrected chi connectivity index (χ3v) is 7.89. The van der Waals surface area contributed by atoms with Crippen LogP contribution in [0.1, 0.15) is 56.1 Å². The van der Waals surface area contributed by atoms with Crippen LogP contribution in [0.2, 0.25) is 0 Å². The van der Waals surface area contributed by atoms with E-state index >= 15 is 0 Å². The van der Waals surface area contributed by atoms with Gasteiger partial charge < -0.3 is 10.0 Å². The summed E-state index contributed by atoms with van der Waals surface area (Å²) in [5.74, 6) is 0.417. The van der Waals surface area contributed by atoms with Gasteiger partial charge >= 0.3 is 0 Å². The molecule has 156 valence electrons. The number of hydrogen-bond donors (Lipinski definition) is 1. The lowest BCUT2D eigenvalue weighted by atomic mass is 9.54. The zero-order chi connectivity index (χ0) is 20.9. The number of carbonyl (C=O) groups is 2. The van der Waals surface area contributed by atoms with Crippen molar-refractivity contribution in [2.45, 2.75) is 51.4 Å². The summed E-state index contributed by atoms with van der Waals surface area (Å²) in [6.45, 7) is 2.04. The van der Waals surface area contributed by atoms with Crippen molar-refractivity contribution in [1.29, 1.82) is 0 Å². The predicted molar refractivity (Wildman–Crippen MR) is 109 cm³/mol. The van der Waals surface area contributed by atoms with E-state index in [2.05, 4.69) is 0 Å². The quantitative estimate of drug-likeness (QED) is 0.606. The van der Waals surface area contributed by atoms with E-state index < -0.39 is 5.41 Å². The molecule has 2 fully saturated rings. The fraction of sp³-hybridized carbons (Fsp3) is 0.583. The lowest BCUT2D eigenvalue weighted by molar-refractivity contribution is -0.129. The van der Waals surface area contributed by atoms with E-state index in [4.69, 9.17) is 0 Å². The van der Waals surface area contributed by atoms with Crippen LogP contribution in [0.4, 0.5) is 4.39 Å². The molecule has 0 heterocycles. The van der Waals surface area contributed by atoms with Crippen LogP contribution in [-0.2, 0) is 16.0 Å². The monoisotopic (exact) mass is 399 g/mol. The van der Waals surface area contributed by atoms with Gasteiger partial charge in [0.1, 0.15) is 5.82 Å². The third kappa shape index (κ3) is 3.01. The number of aliphatic hydroxyl groups excluding tert-OH is 1. The molecule has 3 unspecified atom stereocenters. The van der Waals surface area contributed by atoms with E-state index in [0.717, 1.165) is 36.7 Å². The van der Waals surface area contributed by atoms with Gasteiger partial charge in [0.25, 0.3) is 0 Å². The van der Waals surface area contributed by atoms with Crippen LogP contribution in [0.15, 0.2) is 30.0 Å². The molecule has 0 aliphatic heterocycles. The lowest BCUT2D eigenvalue weighted by Gasteiger charge is -2.49. The van der Waals surface area contributed by atoms with E-state index in [1.54, 1.807) is 25.1 Å². The number of halogens is 1. The molecule has 1 aromatic carbocycles. The molecule has 4 nitrogen and oxygen atoms in total. The first-order chi connectivity index (χ1) is 13.8. The number of allylic oxidation sites excluding steroid dienone is 1. The number of Topliss-reactive ketones (excluding diaryl/α,β-unsaturated/α-hetero) is 1. The molecule has 3 aliphatic carbocycles. The fourth-order valence-corrected chi connectivity index (χ4v) is 6.51. The van der Waals surface area contributed by atoms with Gasteiger partial charge in [0.05, 0.1) is 6.26 Å². The van der Waals surface area contributed by atoms with Crippen molar-refractivity contribution >= 4 is 11.7 Å². The summed E-state index contributed by atoms with van der Waals surface area (Å²) in [6, 6.07) is 5.37. The van der Waals surface area contributed by atoms with Gasteiger partial charge in [-0.1, -0.05) is 19.1 Å². The largest absolute Gasteiger partial charge is 0.515 e. The van der Waals surface area contributed by atoms with Gasteiger partial charge in [-0.15, -0.1) is 0 Å². The van der Waals surface area contributed by atoms with Gasteiger partial charge in [-0.05, 0) is 73.0 Å². The van der Waals surface area contributed by atoms with Crippen LogP contribution >= 0.6 is 0 Å². The van der Waals surface area contributed by atoms with E-state index in [-0.39, 0.29) is 41.2 Å². The number of ketones is 1. The van der Waals surface area contributed by atoms with Crippen molar-refractivity contribution in [1.82, 2.24) is 4.90 Å². The maximum Gasteiger partial charge on any atom is 0.222 e. The molecule has 5 atom stereocenters. The molecular formula is C24H30FNO3. The summed E-state index contributed by atoms with van der Waals surface area (Å²) in [6.07, 6.45) is 5.05. The number of nitrogens with zero attached hydrogens (tertiary/aromatic N) is 1. The van der Waals surface area contributed by atoms with Gasteiger partial charge in [0.2, 0.25) is 5.91 Å². The number of benzene rings is 1. The number of hydrogen-bond acceptors (Lipinski definition) is 3. The van der Waals surface area contributed by atoms with Gasteiger partial charge in [0, 0.05) is 31.5 Å². The third-order valence-electron chi connectivity index (χ3n) is 7.89. The fourth-order valence-electron chi connectivity index (χ4n) is 6.51. The van der Waals surface area contributed by atoms with Crippen molar-refractivity contribution in [3.8, 4) is 0 Å². The van der Waals surface area contributed by atoms with Crippen LogP contribution in [0.3, 0.4) is 0 Å². The Morgan fingerprint density at radius 2 is 2.10 bits per heavy atom. The summed E-state index contributed by atoms with van der Waals surface area (Å²) >= 11 is 0. The Bertz CT molecular complexity index is 877. The molecule has 4 rings (SSSR count). The smallest absolute Gasteiger partial charge is 0.222 e. The maximum absolute atomic E-state index is 14.4. The molecule has 1 N–H and O–H groups in total. The molecule has 2 saturated carbocycles. The maximum atomic E-state index is 14.4. The number of carbonyl (C=O) groups excluding carboxylic acids is 2. The van der Waals surface area contributed by atoms with E-state index in [1.807, 2.05) is 13.0 Å². The van der Waals surface area contributed by atoms with Gasteiger partial charge in [0.15, 0.2) is 5.78 Å². The van der Waals surface area contributed by atoms with Crippen LogP contribution in [0.25, 0.3) is 0 Å². The SMILES string of the molecule is CN(C)C(=O)CC[C@@H]1/C(=C/O)C(=O)[C@@]2(C)CCC3c4cccc(F)c4CCC3C12. The van der Waals surface area contributed by atoms with Crippen molar-refractivity contribution in [3.63, 3.8) is 0 Å². The minimum atomic E-state index is -0.508. The highest BCUT2D eigenvalue weighted by atomic mass is 19.1. The Balaban J connectivity index is 1.71. The Kier molecular flexibility index (Phi) is 5.04. The summed E-state index contributed by atoms with van der Waals surface area (Å²) in [5.41, 5.74) is 1.90. The Morgan fingerprint density at radius 3 is 2.79 bits per heavy atom. The summed E-state index contributed by atoms with van der Waals surface area (Å²) in [5, 5.41) is 9.91. The van der Waals surface area contributed by atoms with E-state index in [0.29, 0.717) is 24.8 Å². The number of fused-ring (bicyclic) bond motifs is 5. The number of rotatable bonds is 3. The Morgan fingerprint density at radius 1 is 1.34 bits per heavy atom. The minimum Gasteiger partial charge on any atom is -0.515 e. The standard InChI is InChI=1S/C24H30FNO3/c1-24-12-11-15-14-5-4-6-20(25)16(14)7-8-17(15)22(24)18(19(13-27)23(24)29)9-10-21(28)26(2)3/h4-6,13,15,17-18,22,27H,7-12H2,1-3H3/b19-13-/t15?,17?,18-,22?,24+/m1/s1. The molecule has 1 amide bonds. The lowest BCUT2D eigenvalue weighted by Crippen LogP contribution is -2.44. The van der Waals surface area contributed by atoms with Crippen LogP contribution in [0.5, 0.6) is 0 Å². The number of aliphatic hydroxyl groups is 1. The molecule has 0 bridgehead atoms. The van der Waals surface area contributed by atoms with E-state index in [1.165, 1.54) is 6.07 Å². The van der Waals surface area contributed by atoms with E-state index in [9.17, 15) is 19.1 Å². The second kappa shape index (κ2) is 7.26. The topological polar surface area (TPSA) is 57.6 Å². The Labute approximate surface area is 171 Å². The van der Waals surface area contributed by atoms with Gasteiger partial charge in [-0.2, -0.15) is 0 Å². The van der Waals surface area contributed by atoms with Crippen molar-refractivity contribution in [2.24, 2.45) is 23.2 Å². The number of amides is 1. The summed E-state index contributed by atoms with van der Waals surface area (Å²) < 4.78 is 14.4. The molecule has 5 heteroatoms. The predicted octanol–water partition coefficient (Wildman–Crippen LogP) is 4.40. The Hall–Kier alpha value is -2.17. The first-order valence-electron chi connectivity index (χ1n) is 10.7. The highest BCUT2D eigenvalue weighted by Gasteiger charge is 2.60. The van der Waals surface area contributed by atoms with Crippen LogP contribution in [0, 0.1) is 29.0 Å². The second-order valence-electron chi connectivity index (χ2n) is 9.45. The highest BCUT2D eigenvalue weighted by Crippen LogP contribution is 2.63. The van der Waals surface area contributed by atoms with Crippen molar-refractivity contribution < 1.29 is 19.1 Å². The van der Waals surface area contributed by atoms with Gasteiger partial charge in [-0.3, -0.25) is 9.59 Å². The molecule has 0 saturated heterocycles. The minimum absolute atomic E-state index is 0.0340. The van der Waals surface area contributed by atoms with Crippen LogP contribution < -0.4 is 0 Å². The van der Waals surface area contributed by atoms with Crippen molar-refractivity contribution in [3.05, 3.63) is 47.0 Å². The summed E-state index contributed by atoms with van der Waals surface area (Å²) in [4.78, 5) is 27.1. The average molecular weight is 400 g/mol. The molecule has 3 aliphatic rings. The first-order valence-corrected chi connectivity index (χ1v) is 10.7. The normalized spacial score (nSPS) is 34.5.